The first kappa shape index (κ1) is 20.1. The van der Waals surface area contributed by atoms with Crippen molar-refractivity contribution in [2.45, 2.75) is 17.9 Å². The standard InChI is InChI=1S/C18H13ClF4N2O3/c19-11-5-1-10(2-6-11)15(26)13-14(9-3-7-12(20)8-4-9)24-16(27)25-17(13,28)18(21,22)23/h1-8,13-14,28H,(H2,24,25,27). The van der Waals surface area contributed by atoms with Gasteiger partial charge in [-0.1, -0.05) is 23.7 Å². The van der Waals surface area contributed by atoms with Crippen LogP contribution in [-0.2, 0) is 0 Å². The van der Waals surface area contributed by atoms with Gasteiger partial charge < -0.3 is 15.7 Å². The van der Waals surface area contributed by atoms with Gasteiger partial charge in [0.25, 0.3) is 0 Å². The summed E-state index contributed by atoms with van der Waals surface area (Å²) in [5.74, 6) is -3.93. The molecule has 0 saturated carbocycles. The van der Waals surface area contributed by atoms with Crippen LogP contribution in [0.5, 0.6) is 0 Å². The van der Waals surface area contributed by atoms with E-state index in [4.69, 9.17) is 11.6 Å². The van der Waals surface area contributed by atoms with Crippen molar-refractivity contribution >= 4 is 23.4 Å². The zero-order valence-corrected chi connectivity index (χ0v) is 14.7. The number of hydrogen-bond acceptors (Lipinski definition) is 3. The molecule has 3 rings (SSSR count). The highest BCUT2D eigenvalue weighted by Crippen LogP contribution is 2.44. The second kappa shape index (κ2) is 7.06. The summed E-state index contributed by atoms with van der Waals surface area (Å²) < 4.78 is 54.4. The minimum atomic E-state index is -5.37. The number of ketones is 1. The van der Waals surface area contributed by atoms with Gasteiger partial charge in [-0.05, 0) is 42.0 Å². The predicted octanol–water partition coefficient (Wildman–Crippen LogP) is 3.58. The summed E-state index contributed by atoms with van der Waals surface area (Å²) in [7, 11) is 0. The summed E-state index contributed by atoms with van der Waals surface area (Å²) in [6, 6.07) is 6.35. The molecule has 0 aliphatic carbocycles. The molecule has 148 valence electrons. The Hall–Kier alpha value is -2.65. The van der Waals surface area contributed by atoms with E-state index < -0.39 is 41.5 Å². The van der Waals surface area contributed by atoms with Crippen LogP contribution < -0.4 is 10.6 Å². The van der Waals surface area contributed by atoms with Gasteiger partial charge in [-0.25, -0.2) is 9.18 Å². The Morgan fingerprint density at radius 2 is 1.64 bits per heavy atom. The minimum absolute atomic E-state index is 0.0197. The maximum absolute atomic E-state index is 13.7. The first-order chi connectivity index (χ1) is 13.0. The van der Waals surface area contributed by atoms with Crippen molar-refractivity contribution in [3.63, 3.8) is 0 Å². The smallest absolute Gasteiger partial charge is 0.363 e. The summed E-state index contributed by atoms with van der Waals surface area (Å²) in [6.07, 6.45) is -5.37. The number of amides is 2. The Bertz CT molecular complexity index is 903. The molecule has 3 atom stereocenters. The number of urea groups is 1. The lowest BCUT2D eigenvalue weighted by molar-refractivity contribution is -0.287. The number of carbonyl (C=O) groups excluding carboxylic acids is 2. The van der Waals surface area contributed by atoms with Crippen molar-refractivity contribution in [2.75, 3.05) is 0 Å². The average molecular weight is 417 g/mol. The third-order valence-corrected chi connectivity index (χ3v) is 4.70. The molecule has 1 saturated heterocycles. The molecule has 10 heteroatoms. The Morgan fingerprint density at radius 1 is 1.07 bits per heavy atom. The summed E-state index contributed by atoms with van der Waals surface area (Å²) in [5, 5.41) is 14.3. The third kappa shape index (κ3) is 3.55. The Balaban J connectivity index is 2.15. The van der Waals surface area contributed by atoms with Crippen molar-refractivity contribution in [3.05, 3.63) is 70.5 Å². The molecule has 1 fully saturated rings. The molecule has 2 aromatic rings. The van der Waals surface area contributed by atoms with E-state index in [1.807, 2.05) is 0 Å². The summed E-state index contributed by atoms with van der Waals surface area (Å²) in [4.78, 5) is 24.8. The van der Waals surface area contributed by atoms with E-state index in [2.05, 4.69) is 5.32 Å². The number of carbonyl (C=O) groups is 2. The van der Waals surface area contributed by atoms with Gasteiger partial charge in [-0.2, -0.15) is 13.2 Å². The van der Waals surface area contributed by atoms with E-state index in [0.717, 1.165) is 24.3 Å². The number of nitrogens with one attached hydrogen (secondary N) is 2. The van der Waals surface area contributed by atoms with E-state index in [9.17, 15) is 32.3 Å². The highest BCUT2D eigenvalue weighted by molar-refractivity contribution is 6.30. The monoisotopic (exact) mass is 416 g/mol. The van der Waals surface area contributed by atoms with Crippen LogP contribution in [0.4, 0.5) is 22.4 Å². The van der Waals surface area contributed by atoms with Gasteiger partial charge in [-0.15, -0.1) is 0 Å². The molecule has 0 radical (unpaired) electrons. The topological polar surface area (TPSA) is 78.4 Å². The average Bonchev–Trinajstić information content (AvgIpc) is 2.61. The first-order valence-corrected chi connectivity index (χ1v) is 8.34. The molecule has 2 aromatic carbocycles. The lowest BCUT2D eigenvalue weighted by Gasteiger charge is -2.45. The van der Waals surface area contributed by atoms with Crippen molar-refractivity contribution in [2.24, 2.45) is 5.92 Å². The van der Waals surface area contributed by atoms with E-state index >= 15 is 0 Å². The predicted molar refractivity (Wildman–Crippen MR) is 91.1 cm³/mol. The van der Waals surface area contributed by atoms with Crippen molar-refractivity contribution < 1.29 is 32.3 Å². The van der Waals surface area contributed by atoms with Crippen molar-refractivity contribution in [1.82, 2.24) is 10.6 Å². The second-order valence-electron chi connectivity index (χ2n) is 6.24. The molecule has 5 nitrogen and oxygen atoms in total. The number of Topliss-reactive ketones (excluding diaryl/α,β-unsaturated/α-hetero) is 1. The van der Waals surface area contributed by atoms with Gasteiger partial charge in [0.2, 0.25) is 5.72 Å². The van der Waals surface area contributed by atoms with Crippen LogP contribution in [0, 0.1) is 11.7 Å². The molecule has 2 amide bonds. The number of halogens is 5. The molecule has 1 aliphatic rings. The molecule has 0 spiro atoms. The van der Waals surface area contributed by atoms with E-state index in [1.54, 1.807) is 0 Å². The number of hydrogen-bond donors (Lipinski definition) is 3. The highest BCUT2D eigenvalue weighted by Gasteiger charge is 2.66. The SMILES string of the molecule is O=C1NC(c2ccc(F)cc2)C(C(=O)c2ccc(Cl)cc2)C(O)(C(F)(F)F)N1. The molecule has 0 aromatic heterocycles. The van der Waals surface area contributed by atoms with Gasteiger partial charge in [-0.3, -0.25) is 4.79 Å². The van der Waals surface area contributed by atoms with Crippen LogP contribution in [-0.4, -0.2) is 28.8 Å². The number of benzene rings is 2. The van der Waals surface area contributed by atoms with Crippen LogP contribution in [0.1, 0.15) is 22.0 Å². The third-order valence-electron chi connectivity index (χ3n) is 4.45. The molecule has 0 bridgehead atoms. The number of rotatable bonds is 3. The van der Waals surface area contributed by atoms with Crippen molar-refractivity contribution in [1.29, 1.82) is 0 Å². The zero-order chi connectivity index (χ0) is 20.7. The zero-order valence-electron chi connectivity index (χ0n) is 13.9. The van der Waals surface area contributed by atoms with Crippen LogP contribution >= 0.6 is 11.6 Å². The molecule has 1 aliphatic heterocycles. The molecule has 1 heterocycles. The summed E-state index contributed by atoms with van der Waals surface area (Å²) in [5.41, 5.74) is -3.97. The maximum atomic E-state index is 13.7. The normalized spacial score (nSPS) is 25.0. The first-order valence-electron chi connectivity index (χ1n) is 7.96. The Kier molecular flexibility index (Phi) is 5.07. The van der Waals surface area contributed by atoms with Crippen molar-refractivity contribution in [3.8, 4) is 0 Å². The van der Waals surface area contributed by atoms with Crippen LogP contribution in [0.2, 0.25) is 5.02 Å². The maximum Gasteiger partial charge on any atom is 0.437 e. The molecule has 3 N–H and O–H groups in total. The molecular weight excluding hydrogens is 404 g/mol. The lowest BCUT2D eigenvalue weighted by atomic mass is 9.77. The fraction of sp³-hybridized carbons (Fsp3) is 0.222. The fourth-order valence-electron chi connectivity index (χ4n) is 3.08. The Labute approximate surface area is 161 Å². The summed E-state index contributed by atoms with van der Waals surface area (Å²) in [6.45, 7) is 0. The van der Waals surface area contributed by atoms with E-state index in [1.165, 1.54) is 29.6 Å². The van der Waals surface area contributed by atoms with Crippen LogP contribution in [0.15, 0.2) is 48.5 Å². The van der Waals surface area contributed by atoms with Gasteiger partial charge in [0, 0.05) is 10.6 Å². The molecule has 28 heavy (non-hydrogen) atoms. The minimum Gasteiger partial charge on any atom is -0.363 e. The Morgan fingerprint density at radius 3 is 2.18 bits per heavy atom. The lowest BCUT2D eigenvalue weighted by Crippen LogP contribution is -2.72. The highest BCUT2D eigenvalue weighted by atomic mass is 35.5. The summed E-state index contributed by atoms with van der Waals surface area (Å²) >= 11 is 5.74. The van der Waals surface area contributed by atoms with E-state index in [-0.39, 0.29) is 16.1 Å². The van der Waals surface area contributed by atoms with Crippen LogP contribution in [0.25, 0.3) is 0 Å². The quantitative estimate of drug-likeness (QED) is 0.528. The molecular formula is C18H13ClF4N2O3. The number of aliphatic hydroxyl groups is 1. The van der Waals surface area contributed by atoms with Gasteiger partial charge in [0.05, 0.1) is 6.04 Å². The number of alkyl halides is 3. The molecule has 3 unspecified atom stereocenters. The fourth-order valence-corrected chi connectivity index (χ4v) is 3.21. The van der Waals surface area contributed by atoms with Crippen LogP contribution in [0.3, 0.4) is 0 Å². The van der Waals surface area contributed by atoms with E-state index in [0.29, 0.717) is 0 Å². The van der Waals surface area contributed by atoms with Gasteiger partial charge >= 0.3 is 12.2 Å². The van der Waals surface area contributed by atoms with Gasteiger partial charge in [0.15, 0.2) is 5.78 Å². The second-order valence-corrected chi connectivity index (χ2v) is 6.68. The largest absolute Gasteiger partial charge is 0.437 e. The van der Waals surface area contributed by atoms with Gasteiger partial charge in [0.1, 0.15) is 11.7 Å².